The minimum absolute atomic E-state index is 0.0472. The summed E-state index contributed by atoms with van der Waals surface area (Å²) in [5, 5.41) is 3.46. The van der Waals surface area contributed by atoms with E-state index in [4.69, 9.17) is 13.9 Å². The lowest BCUT2D eigenvalue weighted by atomic mass is 10.0. The molecule has 1 aliphatic carbocycles. The van der Waals surface area contributed by atoms with Gasteiger partial charge in [-0.05, 0) is 60.7 Å². The van der Waals surface area contributed by atoms with Gasteiger partial charge in [-0.2, -0.15) is 0 Å². The van der Waals surface area contributed by atoms with Gasteiger partial charge in [-0.1, -0.05) is 0 Å². The van der Waals surface area contributed by atoms with Crippen LogP contribution in [0, 0.1) is 0 Å². The van der Waals surface area contributed by atoms with Crippen LogP contribution in [0.25, 0.3) is 11.0 Å². The number of esters is 1. The minimum Gasteiger partial charge on any atom is -0.482 e. The number of carbonyl (C=O) groups is 2. The van der Waals surface area contributed by atoms with Crippen molar-refractivity contribution in [3.05, 3.63) is 69.1 Å². The number of fused-ring (bicyclic) bond motifs is 3. The van der Waals surface area contributed by atoms with E-state index in [9.17, 15) is 14.4 Å². The summed E-state index contributed by atoms with van der Waals surface area (Å²) in [4.78, 5) is 35.8. The fourth-order valence-corrected chi connectivity index (χ4v) is 3.84. The summed E-state index contributed by atoms with van der Waals surface area (Å²) in [5.74, 6) is -0.370. The molecule has 146 valence electrons. The molecule has 2 aromatic carbocycles. The Labute approximate surface area is 165 Å². The number of benzene rings is 2. The van der Waals surface area contributed by atoms with Gasteiger partial charge >= 0.3 is 11.6 Å². The molecule has 1 aliphatic heterocycles. The maximum atomic E-state index is 12.5. The molecule has 1 N–H and O–H groups in total. The Morgan fingerprint density at radius 1 is 1.07 bits per heavy atom. The monoisotopic (exact) mass is 391 g/mol. The molecule has 3 aromatic rings. The van der Waals surface area contributed by atoms with E-state index in [-0.39, 0.29) is 19.1 Å². The highest BCUT2D eigenvalue weighted by atomic mass is 16.5. The molecule has 1 aromatic heterocycles. The van der Waals surface area contributed by atoms with Crippen molar-refractivity contribution < 1.29 is 23.5 Å². The molecule has 0 fully saturated rings. The van der Waals surface area contributed by atoms with Gasteiger partial charge in [-0.3, -0.25) is 4.79 Å². The molecular formula is C22H17NO6. The van der Waals surface area contributed by atoms with E-state index >= 15 is 0 Å². The maximum Gasteiger partial charge on any atom is 0.338 e. The zero-order chi connectivity index (χ0) is 20.0. The molecule has 7 heteroatoms. The maximum absolute atomic E-state index is 12.5. The van der Waals surface area contributed by atoms with E-state index in [2.05, 4.69) is 5.32 Å². The Morgan fingerprint density at radius 3 is 2.76 bits per heavy atom. The van der Waals surface area contributed by atoms with E-state index in [1.807, 2.05) is 12.1 Å². The van der Waals surface area contributed by atoms with Crippen molar-refractivity contribution >= 4 is 28.5 Å². The number of carbonyl (C=O) groups excluding carboxylic acids is 2. The third kappa shape index (κ3) is 3.24. The fraction of sp³-hybridized carbons (Fsp3) is 0.227. The Balaban J connectivity index is 1.40. The lowest BCUT2D eigenvalue weighted by molar-refractivity contribution is -0.118. The number of ether oxygens (including phenoxy) is 2. The third-order valence-electron chi connectivity index (χ3n) is 5.25. The first-order valence-corrected chi connectivity index (χ1v) is 9.39. The average molecular weight is 391 g/mol. The molecule has 29 heavy (non-hydrogen) atoms. The molecule has 0 saturated carbocycles. The number of anilines is 1. The predicted octanol–water partition coefficient (Wildman–Crippen LogP) is 2.97. The molecule has 0 radical (unpaired) electrons. The zero-order valence-electron chi connectivity index (χ0n) is 15.4. The van der Waals surface area contributed by atoms with Gasteiger partial charge in [0.1, 0.15) is 17.9 Å². The largest absolute Gasteiger partial charge is 0.482 e. The highest BCUT2D eigenvalue weighted by Crippen LogP contribution is 2.30. The standard InChI is InChI=1S/C22H17NO6/c24-20-11-27-19-8-14(4-5-17(19)23-20)22(26)28-10-15-9-21(25)29-18-7-13-3-1-2-12(13)6-16(15)18/h4-9H,1-3,10-11H2,(H,23,24). The summed E-state index contributed by atoms with van der Waals surface area (Å²) in [6.07, 6.45) is 3.06. The SMILES string of the molecule is O=C1COc2cc(C(=O)OCc3cc(=O)oc4cc5c(cc34)CCC5)ccc2N1. The van der Waals surface area contributed by atoms with E-state index < -0.39 is 11.6 Å². The van der Waals surface area contributed by atoms with E-state index in [1.165, 1.54) is 23.3 Å². The van der Waals surface area contributed by atoms with E-state index in [0.717, 1.165) is 24.6 Å². The van der Waals surface area contributed by atoms with Gasteiger partial charge < -0.3 is 19.2 Å². The van der Waals surface area contributed by atoms with E-state index in [0.29, 0.717) is 28.1 Å². The molecule has 7 nitrogen and oxygen atoms in total. The van der Waals surface area contributed by atoms with Crippen molar-refractivity contribution in [2.45, 2.75) is 25.9 Å². The van der Waals surface area contributed by atoms with Crippen LogP contribution in [0.5, 0.6) is 5.75 Å². The van der Waals surface area contributed by atoms with Crippen LogP contribution in [-0.2, 0) is 29.0 Å². The van der Waals surface area contributed by atoms with Crippen molar-refractivity contribution in [1.29, 1.82) is 0 Å². The molecule has 2 aliphatic rings. The minimum atomic E-state index is -0.546. The first-order chi connectivity index (χ1) is 14.1. The van der Waals surface area contributed by atoms with Gasteiger partial charge in [-0.25, -0.2) is 9.59 Å². The summed E-state index contributed by atoms with van der Waals surface area (Å²) < 4.78 is 16.1. The van der Waals surface area contributed by atoms with Crippen LogP contribution in [0.3, 0.4) is 0 Å². The molecule has 0 bridgehead atoms. The second-order valence-corrected chi connectivity index (χ2v) is 7.19. The van der Waals surface area contributed by atoms with Gasteiger partial charge in [0.05, 0.1) is 11.3 Å². The normalized spacial score (nSPS) is 14.7. The molecule has 5 rings (SSSR count). The smallest absolute Gasteiger partial charge is 0.338 e. The van der Waals surface area contributed by atoms with Crippen LogP contribution in [-0.4, -0.2) is 18.5 Å². The molecule has 0 spiro atoms. The number of hydrogen-bond donors (Lipinski definition) is 1. The second-order valence-electron chi connectivity index (χ2n) is 7.19. The third-order valence-corrected chi connectivity index (χ3v) is 5.25. The molecule has 0 atom stereocenters. The summed E-state index contributed by atoms with van der Waals surface area (Å²) in [6, 6.07) is 9.99. The lowest BCUT2D eigenvalue weighted by Crippen LogP contribution is -2.25. The quantitative estimate of drug-likeness (QED) is 0.545. The van der Waals surface area contributed by atoms with Gasteiger partial charge in [0.15, 0.2) is 6.61 Å². The zero-order valence-corrected chi connectivity index (χ0v) is 15.4. The molecule has 1 amide bonds. The number of nitrogens with one attached hydrogen (secondary N) is 1. The Bertz CT molecular complexity index is 1230. The number of amides is 1. The predicted molar refractivity (Wildman–Crippen MR) is 104 cm³/mol. The van der Waals surface area contributed by atoms with Crippen LogP contribution in [0.2, 0.25) is 0 Å². The Morgan fingerprint density at radius 2 is 1.90 bits per heavy atom. The van der Waals surface area contributed by atoms with Crippen LogP contribution >= 0.6 is 0 Å². The second kappa shape index (κ2) is 6.77. The topological polar surface area (TPSA) is 94.8 Å². The van der Waals surface area contributed by atoms with Crippen LogP contribution in [0.1, 0.15) is 33.5 Å². The number of rotatable bonds is 3. The van der Waals surface area contributed by atoms with Crippen molar-refractivity contribution in [3.63, 3.8) is 0 Å². The highest BCUT2D eigenvalue weighted by molar-refractivity contribution is 5.97. The first-order valence-electron chi connectivity index (χ1n) is 9.39. The molecule has 0 saturated heterocycles. The van der Waals surface area contributed by atoms with Gasteiger partial charge in [0, 0.05) is 17.0 Å². The molecular weight excluding hydrogens is 374 g/mol. The Hall–Kier alpha value is -3.61. The summed E-state index contributed by atoms with van der Waals surface area (Å²) in [7, 11) is 0. The summed E-state index contributed by atoms with van der Waals surface area (Å²) in [6.45, 7) is -0.143. The van der Waals surface area contributed by atoms with Crippen molar-refractivity contribution in [3.8, 4) is 5.75 Å². The highest BCUT2D eigenvalue weighted by Gasteiger charge is 2.19. The van der Waals surface area contributed by atoms with Crippen LogP contribution in [0.4, 0.5) is 5.69 Å². The number of hydrogen-bond acceptors (Lipinski definition) is 6. The first kappa shape index (κ1) is 17.5. The average Bonchev–Trinajstić information content (AvgIpc) is 3.17. The fourth-order valence-electron chi connectivity index (χ4n) is 3.84. The molecule has 2 heterocycles. The van der Waals surface area contributed by atoms with Crippen LogP contribution in [0.15, 0.2) is 45.6 Å². The van der Waals surface area contributed by atoms with Crippen LogP contribution < -0.4 is 15.7 Å². The van der Waals surface area contributed by atoms with Gasteiger partial charge in [0.25, 0.3) is 5.91 Å². The molecule has 0 unspecified atom stereocenters. The van der Waals surface area contributed by atoms with E-state index in [1.54, 1.807) is 12.1 Å². The summed E-state index contributed by atoms with van der Waals surface area (Å²) in [5.41, 5.74) is 3.91. The van der Waals surface area contributed by atoms with Gasteiger partial charge in [-0.15, -0.1) is 0 Å². The lowest BCUT2D eigenvalue weighted by Gasteiger charge is -2.18. The van der Waals surface area contributed by atoms with Gasteiger partial charge in [0.2, 0.25) is 0 Å². The Kier molecular flexibility index (Phi) is 4.08. The summed E-state index contributed by atoms with van der Waals surface area (Å²) >= 11 is 0. The van der Waals surface area contributed by atoms with Crippen molar-refractivity contribution in [1.82, 2.24) is 0 Å². The number of aryl methyl sites for hydroxylation is 2. The van der Waals surface area contributed by atoms with Crippen molar-refractivity contribution in [2.75, 3.05) is 11.9 Å². The van der Waals surface area contributed by atoms with Crippen molar-refractivity contribution in [2.24, 2.45) is 0 Å².